The van der Waals surface area contributed by atoms with Gasteiger partial charge in [0.1, 0.15) is 0 Å². The highest BCUT2D eigenvalue weighted by Crippen LogP contribution is 2.31. The lowest BCUT2D eigenvalue weighted by Gasteiger charge is -2.11. The zero-order valence-electron chi connectivity index (χ0n) is 7.63. The van der Waals surface area contributed by atoms with E-state index in [0.717, 1.165) is 19.0 Å². The van der Waals surface area contributed by atoms with E-state index in [9.17, 15) is 0 Å². The Balaban J connectivity index is 1.80. The van der Waals surface area contributed by atoms with Crippen LogP contribution in [0, 0.1) is 0 Å². The van der Waals surface area contributed by atoms with E-state index in [2.05, 4.69) is 11.0 Å². The van der Waals surface area contributed by atoms with E-state index in [0.29, 0.717) is 0 Å². The molecule has 2 nitrogen and oxygen atoms in total. The van der Waals surface area contributed by atoms with Gasteiger partial charge in [-0.1, -0.05) is 11.6 Å². The zero-order valence-corrected chi connectivity index (χ0v) is 7.63. The lowest BCUT2D eigenvalue weighted by atomic mass is 10.2. The molecule has 0 bridgehead atoms. The van der Waals surface area contributed by atoms with Crippen LogP contribution in [0.15, 0.2) is 11.6 Å². The Kier molecular flexibility index (Phi) is 2.47. The summed E-state index contributed by atoms with van der Waals surface area (Å²) in [4.78, 5) is 2.61. The second kappa shape index (κ2) is 3.58. The zero-order chi connectivity index (χ0) is 8.39. The summed E-state index contributed by atoms with van der Waals surface area (Å²) in [5.41, 5.74) is 7.07. The summed E-state index contributed by atoms with van der Waals surface area (Å²) >= 11 is 0. The highest BCUT2D eigenvalue weighted by molar-refractivity contribution is 5.11. The van der Waals surface area contributed by atoms with Crippen molar-refractivity contribution < 1.29 is 0 Å². The minimum absolute atomic E-state index is 0.799. The first kappa shape index (κ1) is 8.27. The van der Waals surface area contributed by atoms with Crippen molar-refractivity contribution in [2.75, 3.05) is 19.6 Å². The maximum absolute atomic E-state index is 5.46. The van der Waals surface area contributed by atoms with Crippen LogP contribution in [0.5, 0.6) is 0 Å². The molecule has 1 saturated heterocycles. The summed E-state index contributed by atoms with van der Waals surface area (Å²) in [6.07, 6.45) is 7.56. The van der Waals surface area contributed by atoms with E-state index in [4.69, 9.17) is 5.73 Å². The summed E-state index contributed by atoms with van der Waals surface area (Å²) in [6, 6.07) is 0.939. The lowest BCUT2D eigenvalue weighted by Crippen LogP contribution is -2.21. The largest absolute Gasteiger partial charge is 0.330 e. The summed E-state index contributed by atoms with van der Waals surface area (Å²) < 4.78 is 0. The standard InChI is InChI=1S/C10H18N2/c11-6-1-2-9-5-7-12(8-9)10-3-4-10/h2,10H,1,3-8,11H2/b9-2-. The highest BCUT2D eigenvalue weighted by atomic mass is 15.2. The molecule has 0 spiro atoms. The first-order valence-electron chi connectivity index (χ1n) is 5.02. The van der Waals surface area contributed by atoms with Gasteiger partial charge in [0, 0.05) is 19.1 Å². The second-order valence-corrected chi connectivity index (χ2v) is 3.89. The summed E-state index contributed by atoms with van der Waals surface area (Å²) in [7, 11) is 0. The third-order valence-corrected chi connectivity index (χ3v) is 2.79. The predicted octanol–water partition coefficient (Wildman–Crippen LogP) is 1.13. The van der Waals surface area contributed by atoms with Crippen LogP contribution in [0.1, 0.15) is 25.7 Å². The Labute approximate surface area is 74.4 Å². The molecular formula is C10H18N2. The van der Waals surface area contributed by atoms with Crippen LogP contribution in [0.2, 0.25) is 0 Å². The Morgan fingerprint density at radius 2 is 2.33 bits per heavy atom. The molecule has 68 valence electrons. The molecule has 1 aliphatic heterocycles. The fourth-order valence-electron chi connectivity index (χ4n) is 1.91. The number of likely N-dealkylation sites (tertiary alicyclic amines) is 1. The quantitative estimate of drug-likeness (QED) is 0.637. The summed E-state index contributed by atoms with van der Waals surface area (Å²) in [6.45, 7) is 3.32. The molecule has 0 unspecified atom stereocenters. The van der Waals surface area contributed by atoms with Crippen molar-refractivity contribution in [3.63, 3.8) is 0 Å². The Bertz CT molecular complexity index is 182. The van der Waals surface area contributed by atoms with Crippen molar-refractivity contribution in [2.24, 2.45) is 5.73 Å². The van der Waals surface area contributed by atoms with Gasteiger partial charge >= 0.3 is 0 Å². The molecule has 0 aromatic rings. The second-order valence-electron chi connectivity index (χ2n) is 3.89. The minimum Gasteiger partial charge on any atom is -0.330 e. The van der Waals surface area contributed by atoms with Gasteiger partial charge in [-0.2, -0.15) is 0 Å². The van der Waals surface area contributed by atoms with Crippen LogP contribution in [0.3, 0.4) is 0 Å². The first-order valence-corrected chi connectivity index (χ1v) is 5.02. The van der Waals surface area contributed by atoms with Crippen LogP contribution >= 0.6 is 0 Å². The monoisotopic (exact) mass is 166 g/mol. The summed E-state index contributed by atoms with van der Waals surface area (Å²) in [5, 5.41) is 0. The number of hydrogen-bond donors (Lipinski definition) is 1. The van der Waals surface area contributed by atoms with Crippen molar-refractivity contribution in [1.82, 2.24) is 4.90 Å². The Morgan fingerprint density at radius 1 is 1.50 bits per heavy atom. The van der Waals surface area contributed by atoms with Crippen LogP contribution < -0.4 is 5.73 Å². The van der Waals surface area contributed by atoms with Crippen molar-refractivity contribution in [3.05, 3.63) is 11.6 Å². The van der Waals surface area contributed by atoms with Crippen molar-refractivity contribution in [3.8, 4) is 0 Å². The maximum Gasteiger partial charge on any atom is 0.0196 e. The molecule has 1 aliphatic carbocycles. The summed E-state index contributed by atoms with van der Waals surface area (Å²) in [5.74, 6) is 0. The fourth-order valence-corrected chi connectivity index (χ4v) is 1.91. The SMILES string of the molecule is NCC/C=C1/CCN(C2CC2)C1. The van der Waals surface area contributed by atoms with Gasteiger partial charge in [-0.05, 0) is 32.2 Å². The fraction of sp³-hybridized carbons (Fsp3) is 0.800. The minimum atomic E-state index is 0.799. The average molecular weight is 166 g/mol. The molecule has 1 heterocycles. The molecular weight excluding hydrogens is 148 g/mol. The molecule has 2 heteroatoms. The molecule has 2 fully saturated rings. The smallest absolute Gasteiger partial charge is 0.0196 e. The topological polar surface area (TPSA) is 29.3 Å². The lowest BCUT2D eigenvalue weighted by molar-refractivity contribution is 0.334. The van der Waals surface area contributed by atoms with Gasteiger partial charge < -0.3 is 5.73 Å². The maximum atomic E-state index is 5.46. The Morgan fingerprint density at radius 3 is 3.00 bits per heavy atom. The van der Waals surface area contributed by atoms with E-state index in [1.54, 1.807) is 5.57 Å². The van der Waals surface area contributed by atoms with E-state index >= 15 is 0 Å². The first-order chi connectivity index (χ1) is 5.90. The van der Waals surface area contributed by atoms with Crippen LogP contribution in [-0.4, -0.2) is 30.6 Å². The van der Waals surface area contributed by atoms with Crippen molar-refractivity contribution in [1.29, 1.82) is 0 Å². The molecule has 0 atom stereocenters. The van der Waals surface area contributed by atoms with Gasteiger partial charge in [-0.3, -0.25) is 4.90 Å². The van der Waals surface area contributed by atoms with E-state index in [1.165, 1.54) is 32.4 Å². The average Bonchev–Trinajstić information content (AvgIpc) is 2.83. The third-order valence-electron chi connectivity index (χ3n) is 2.79. The number of nitrogens with two attached hydrogens (primary N) is 1. The highest BCUT2D eigenvalue weighted by Gasteiger charge is 2.31. The van der Waals surface area contributed by atoms with Gasteiger partial charge in [-0.15, -0.1) is 0 Å². The van der Waals surface area contributed by atoms with E-state index in [-0.39, 0.29) is 0 Å². The Hall–Kier alpha value is -0.340. The predicted molar refractivity (Wildman–Crippen MR) is 51.0 cm³/mol. The van der Waals surface area contributed by atoms with Crippen LogP contribution in [0.4, 0.5) is 0 Å². The number of rotatable bonds is 3. The number of hydrogen-bond acceptors (Lipinski definition) is 2. The van der Waals surface area contributed by atoms with Crippen molar-refractivity contribution >= 4 is 0 Å². The molecule has 0 aromatic carbocycles. The molecule has 0 radical (unpaired) electrons. The number of nitrogens with zero attached hydrogens (tertiary/aromatic N) is 1. The molecule has 2 N–H and O–H groups in total. The van der Waals surface area contributed by atoms with Gasteiger partial charge in [0.05, 0.1) is 0 Å². The van der Waals surface area contributed by atoms with Crippen LogP contribution in [-0.2, 0) is 0 Å². The van der Waals surface area contributed by atoms with E-state index in [1.807, 2.05) is 0 Å². The molecule has 2 aliphatic rings. The van der Waals surface area contributed by atoms with Crippen LogP contribution in [0.25, 0.3) is 0 Å². The molecule has 12 heavy (non-hydrogen) atoms. The van der Waals surface area contributed by atoms with Gasteiger partial charge in [0.2, 0.25) is 0 Å². The van der Waals surface area contributed by atoms with Gasteiger partial charge in [-0.25, -0.2) is 0 Å². The molecule has 2 rings (SSSR count). The molecule has 1 saturated carbocycles. The van der Waals surface area contributed by atoms with Crippen molar-refractivity contribution in [2.45, 2.75) is 31.7 Å². The molecule has 0 aromatic heterocycles. The van der Waals surface area contributed by atoms with Gasteiger partial charge in [0.25, 0.3) is 0 Å². The third kappa shape index (κ3) is 1.87. The molecule has 0 amide bonds. The normalized spacial score (nSPS) is 28.6. The van der Waals surface area contributed by atoms with Gasteiger partial charge in [0.15, 0.2) is 0 Å². The van der Waals surface area contributed by atoms with E-state index < -0.39 is 0 Å².